The predicted octanol–water partition coefficient (Wildman–Crippen LogP) is 3.68. The van der Waals surface area contributed by atoms with Gasteiger partial charge in [0, 0.05) is 18.9 Å². The molecule has 4 rings (SSSR count). The molecule has 0 N–H and O–H groups in total. The van der Waals surface area contributed by atoms with Crippen LogP contribution >= 0.6 is 0 Å². The first-order chi connectivity index (χ1) is 14.1. The van der Waals surface area contributed by atoms with E-state index in [0.717, 1.165) is 22.4 Å². The molecule has 0 radical (unpaired) electrons. The molecule has 0 aliphatic carbocycles. The molecule has 2 atom stereocenters. The van der Waals surface area contributed by atoms with Crippen LogP contribution in [0.5, 0.6) is 0 Å². The fraction of sp³-hybridized carbons (Fsp3) is 0.348. The quantitative estimate of drug-likeness (QED) is 0.602. The Balaban J connectivity index is 1.64. The topological polar surface area (TPSA) is 64.4 Å². The molecule has 29 heavy (non-hydrogen) atoms. The van der Waals surface area contributed by atoms with E-state index in [1.165, 1.54) is 0 Å². The van der Waals surface area contributed by atoms with Crippen molar-refractivity contribution in [1.29, 1.82) is 0 Å². The number of imidazole rings is 1. The number of benzene rings is 2. The summed E-state index contributed by atoms with van der Waals surface area (Å²) in [4.78, 5) is 31.7. The standard InChI is InChI=1S/C23H25N3O3/c1-3-29-22(28)15-26-20-12-8-7-11-19(20)24-23(26)18-13-21(27)25(14-18)16(2)17-9-5-4-6-10-17/h4-12,16,18H,3,13-15H2,1-2H3. The summed E-state index contributed by atoms with van der Waals surface area (Å²) in [6, 6.07) is 17.8. The molecule has 0 saturated carbocycles. The van der Waals surface area contributed by atoms with Gasteiger partial charge in [-0.3, -0.25) is 9.59 Å². The van der Waals surface area contributed by atoms with Crippen molar-refractivity contribution in [2.24, 2.45) is 0 Å². The highest BCUT2D eigenvalue weighted by Gasteiger charge is 2.36. The van der Waals surface area contributed by atoms with Crippen LogP contribution in [0, 0.1) is 0 Å². The molecule has 0 bridgehead atoms. The summed E-state index contributed by atoms with van der Waals surface area (Å²) < 4.78 is 7.06. The monoisotopic (exact) mass is 391 g/mol. The number of amides is 1. The number of carbonyl (C=O) groups is 2. The van der Waals surface area contributed by atoms with Crippen LogP contribution in [0.4, 0.5) is 0 Å². The van der Waals surface area contributed by atoms with E-state index < -0.39 is 0 Å². The average Bonchev–Trinajstić information content (AvgIpc) is 3.29. The number of esters is 1. The number of rotatable bonds is 6. The number of likely N-dealkylation sites (tertiary alicyclic amines) is 1. The summed E-state index contributed by atoms with van der Waals surface area (Å²) in [6.07, 6.45) is 0.392. The number of aromatic nitrogens is 2. The fourth-order valence-corrected chi connectivity index (χ4v) is 4.10. The van der Waals surface area contributed by atoms with Gasteiger partial charge in [-0.05, 0) is 31.5 Å². The van der Waals surface area contributed by atoms with Gasteiger partial charge in [-0.1, -0.05) is 42.5 Å². The van der Waals surface area contributed by atoms with Gasteiger partial charge in [-0.2, -0.15) is 0 Å². The van der Waals surface area contributed by atoms with Crippen molar-refractivity contribution in [3.05, 3.63) is 66.0 Å². The van der Waals surface area contributed by atoms with E-state index in [0.29, 0.717) is 19.6 Å². The van der Waals surface area contributed by atoms with Gasteiger partial charge in [0.05, 0.1) is 23.7 Å². The zero-order valence-corrected chi connectivity index (χ0v) is 16.7. The second-order valence-electron chi connectivity index (χ2n) is 7.38. The van der Waals surface area contributed by atoms with Crippen LogP contribution in [0.25, 0.3) is 11.0 Å². The molecular formula is C23H25N3O3. The van der Waals surface area contributed by atoms with Crippen LogP contribution in [0.3, 0.4) is 0 Å². The highest BCUT2D eigenvalue weighted by Crippen LogP contribution is 2.35. The summed E-state index contributed by atoms with van der Waals surface area (Å²) in [5, 5.41) is 0. The Kier molecular flexibility index (Phi) is 5.34. The number of fused-ring (bicyclic) bond motifs is 1. The van der Waals surface area contributed by atoms with Gasteiger partial charge >= 0.3 is 5.97 Å². The second kappa shape index (κ2) is 8.07. The minimum atomic E-state index is -0.296. The smallest absolute Gasteiger partial charge is 0.326 e. The number of hydrogen-bond acceptors (Lipinski definition) is 4. The summed E-state index contributed by atoms with van der Waals surface area (Å²) in [5.74, 6) is 0.530. The van der Waals surface area contributed by atoms with Gasteiger partial charge in [-0.15, -0.1) is 0 Å². The molecule has 1 amide bonds. The molecular weight excluding hydrogens is 366 g/mol. The Morgan fingerprint density at radius 1 is 1.17 bits per heavy atom. The Labute approximate surface area is 170 Å². The minimum Gasteiger partial charge on any atom is -0.465 e. The van der Waals surface area contributed by atoms with Crippen LogP contribution < -0.4 is 0 Å². The molecule has 2 heterocycles. The SMILES string of the molecule is CCOC(=O)Cn1c(C2CC(=O)N(C(C)c3ccccc3)C2)nc2ccccc21. The van der Waals surface area contributed by atoms with Crippen molar-refractivity contribution in [3.8, 4) is 0 Å². The maximum absolute atomic E-state index is 12.8. The van der Waals surface area contributed by atoms with E-state index in [4.69, 9.17) is 9.72 Å². The van der Waals surface area contributed by atoms with E-state index in [2.05, 4.69) is 6.92 Å². The third kappa shape index (κ3) is 3.75. The van der Waals surface area contributed by atoms with Crippen LogP contribution in [0.2, 0.25) is 0 Å². The average molecular weight is 391 g/mol. The van der Waals surface area contributed by atoms with Gasteiger partial charge in [0.2, 0.25) is 5.91 Å². The first-order valence-electron chi connectivity index (χ1n) is 10.0. The molecule has 1 aromatic heterocycles. The van der Waals surface area contributed by atoms with Gasteiger partial charge in [0.1, 0.15) is 12.4 Å². The molecule has 1 aliphatic heterocycles. The molecule has 1 fully saturated rings. The van der Waals surface area contributed by atoms with E-state index in [1.807, 2.05) is 64.1 Å². The van der Waals surface area contributed by atoms with Crippen molar-refractivity contribution < 1.29 is 14.3 Å². The van der Waals surface area contributed by atoms with Crippen LogP contribution in [0.1, 0.15) is 43.6 Å². The Bertz CT molecular complexity index is 1030. The number of para-hydroxylation sites is 2. The van der Waals surface area contributed by atoms with Crippen molar-refractivity contribution in [2.45, 2.75) is 38.8 Å². The minimum absolute atomic E-state index is 0.00316. The second-order valence-corrected chi connectivity index (χ2v) is 7.38. The van der Waals surface area contributed by atoms with Gasteiger partial charge in [0.25, 0.3) is 0 Å². The summed E-state index contributed by atoms with van der Waals surface area (Å²) in [6.45, 7) is 4.87. The number of nitrogens with zero attached hydrogens (tertiary/aromatic N) is 3. The van der Waals surface area contributed by atoms with Crippen molar-refractivity contribution in [1.82, 2.24) is 14.5 Å². The van der Waals surface area contributed by atoms with E-state index in [-0.39, 0.29) is 30.4 Å². The first kappa shape index (κ1) is 19.2. The Morgan fingerprint density at radius 2 is 1.90 bits per heavy atom. The summed E-state index contributed by atoms with van der Waals surface area (Å²) in [5.41, 5.74) is 2.83. The number of hydrogen-bond donors (Lipinski definition) is 0. The summed E-state index contributed by atoms with van der Waals surface area (Å²) in [7, 11) is 0. The normalized spacial score (nSPS) is 17.7. The zero-order chi connectivity index (χ0) is 20.4. The van der Waals surface area contributed by atoms with Gasteiger partial charge in [0.15, 0.2) is 0 Å². The molecule has 1 saturated heterocycles. The molecule has 6 nitrogen and oxygen atoms in total. The molecule has 3 aromatic rings. The molecule has 150 valence electrons. The lowest BCUT2D eigenvalue weighted by Gasteiger charge is -2.25. The maximum atomic E-state index is 12.8. The summed E-state index contributed by atoms with van der Waals surface area (Å²) >= 11 is 0. The third-order valence-corrected chi connectivity index (χ3v) is 5.55. The lowest BCUT2D eigenvalue weighted by atomic mass is 10.1. The number of carbonyl (C=O) groups excluding carboxylic acids is 2. The number of ether oxygens (including phenoxy) is 1. The third-order valence-electron chi connectivity index (χ3n) is 5.55. The lowest BCUT2D eigenvalue weighted by Crippen LogP contribution is -2.28. The van der Waals surface area contributed by atoms with Gasteiger partial charge in [-0.25, -0.2) is 4.98 Å². The molecule has 2 aromatic carbocycles. The van der Waals surface area contributed by atoms with E-state index >= 15 is 0 Å². The van der Waals surface area contributed by atoms with E-state index in [9.17, 15) is 9.59 Å². The molecule has 2 unspecified atom stereocenters. The Morgan fingerprint density at radius 3 is 2.66 bits per heavy atom. The molecule has 6 heteroatoms. The highest BCUT2D eigenvalue weighted by atomic mass is 16.5. The van der Waals surface area contributed by atoms with Crippen LogP contribution in [-0.2, 0) is 20.9 Å². The molecule has 0 spiro atoms. The zero-order valence-electron chi connectivity index (χ0n) is 16.7. The maximum Gasteiger partial charge on any atom is 0.326 e. The predicted molar refractivity (Wildman–Crippen MR) is 110 cm³/mol. The molecule has 1 aliphatic rings. The Hall–Kier alpha value is -3.15. The van der Waals surface area contributed by atoms with Crippen molar-refractivity contribution >= 4 is 22.9 Å². The van der Waals surface area contributed by atoms with E-state index in [1.54, 1.807) is 6.92 Å². The highest BCUT2D eigenvalue weighted by molar-refractivity contribution is 5.82. The first-order valence-corrected chi connectivity index (χ1v) is 10.0. The van der Waals surface area contributed by atoms with Gasteiger partial charge < -0.3 is 14.2 Å². The van der Waals surface area contributed by atoms with Crippen molar-refractivity contribution in [3.63, 3.8) is 0 Å². The van der Waals surface area contributed by atoms with Crippen LogP contribution in [-0.4, -0.2) is 39.5 Å². The largest absolute Gasteiger partial charge is 0.465 e. The van der Waals surface area contributed by atoms with Crippen molar-refractivity contribution in [2.75, 3.05) is 13.2 Å². The van der Waals surface area contributed by atoms with Crippen LogP contribution in [0.15, 0.2) is 54.6 Å². The lowest BCUT2D eigenvalue weighted by molar-refractivity contribution is -0.143. The fourth-order valence-electron chi connectivity index (χ4n) is 4.10.